The number of pyridine rings is 1. The lowest BCUT2D eigenvalue weighted by Crippen LogP contribution is -2.14. The molecule has 1 heterocycles. The summed E-state index contributed by atoms with van der Waals surface area (Å²) in [5.41, 5.74) is 2.76. The fourth-order valence-electron chi connectivity index (χ4n) is 1.43. The van der Waals surface area contributed by atoms with Crippen LogP contribution in [0.3, 0.4) is 0 Å². The summed E-state index contributed by atoms with van der Waals surface area (Å²) in [6.07, 6.45) is 1.83. The summed E-state index contributed by atoms with van der Waals surface area (Å²) in [6.45, 7) is 8.71. The SMILES string of the molecule is Cc1ccnc(Br)c1C(C)(C)C. The fourth-order valence-corrected chi connectivity index (χ4v) is 2.45. The molecule has 1 aromatic heterocycles. The van der Waals surface area contributed by atoms with E-state index in [1.54, 1.807) is 0 Å². The van der Waals surface area contributed by atoms with Crippen LogP contribution in [-0.4, -0.2) is 4.98 Å². The molecule has 66 valence electrons. The molecule has 0 aliphatic carbocycles. The number of hydrogen-bond donors (Lipinski definition) is 0. The highest BCUT2D eigenvalue weighted by Gasteiger charge is 2.19. The Hall–Kier alpha value is -0.370. The summed E-state index contributed by atoms with van der Waals surface area (Å²) in [7, 11) is 0. The van der Waals surface area contributed by atoms with E-state index in [1.807, 2.05) is 12.3 Å². The predicted octanol–water partition coefficient (Wildman–Crippen LogP) is 3.45. The lowest BCUT2D eigenvalue weighted by molar-refractivity contribution is 0.579. The van der Waals surface area contributed by atoms with Gasteiger partial charge in [-0.1, -0.05) is 20.8 Å². The van der Waals surface area contributed by atoms with Crippen molar-refractivity contribution in [2.24, 2.45) is 0 Å². The summed E-state index contributed by atoms with van der Waals surface area (Å²) in [5, 5.41) is 0. The zero-order chi connectivity index (χ0) is 9.35. The largest absolute Gasteiger partial charge is 0.249 e. The second-order valence-corrected chi connectivity index (χ2v) is 4.79. The number of nitrogens with zero attached hydrogens (tertiary/aromatic N) is 1. The second kappa shape index (κ2) is 3.17. The summed E-state index contributed by atoms with van der Waals surface area (Å²) in [5.74, 6) is 0. The van der Waals surface area contributed by atoms with E-state index in [9.17, 15) is 0 Å². The lowest BCUT2D eigenvalue weighted by atomic mass is 9.85. The Labute approximate surface area is 82.3 Å². The molecule has 1 rings (SSSR count). The Morgan fingerprint density at radius 2 is 1.92 bits per heavy atom. The molecular formula is C10H14BrN. The first-order valence-corrected chi connectivity index (χ1v) is 4.84. The molecule has 0 aliphatic rings. The van der Waals surface area contributed by atoms with Crippen molar-refractivity contribution in [2.45, 2.75) is 33.1 Å². The smallest absolute Gasteiger partial charge is 0.110 e. The van der Waals surface area contributed by atoms with Gasteiger partial charge in [0.2, 0.25) is 0 Å². The Morgan fingerprint density at radius 1 is 1.33 bits per heavy atom. The number of rotatable bonds is 0. The molecule has 0 saturated carbocycles. The van der Waals surface area contributed by atoms with E-state index in [-0.39, 0.29) is 5.41 Å². The number of hydrogen-bond acceptors (Lipinski definition) is 1. The van der Waals surface area contributed by atoms with E-state index >= 15 is 0 Å². The van der Waals surface area contributed by atoms with Crippen LogP contribution >= 0.6 is 15.9 Å². The molecule has 0 bridgehead atoms. The minimum atomic E-state index is 0.164. The van der Waals surface area contributed by atoms with Crippen molar-refractivity contribution in [3.05, 3.63) is 28.0 Å². The Balaban J connectivity index is 3.31. The second-order valence-electron chi connectivity index (χ2n) is 4.04. The molecule has 2 heteroatoms. The minimum Gasteiger partial charge on any atom is -0.249 e. The van der Waals surface area contributed by atoms with Gasteiger partial charge in [0.1, 0.15) is 4.60 Å². The van der Waals surface area contributed by atoms with Crippen molar-refractivity contribution >= 4 is 15.9 Å². The van der Waals surface area contributed by atoms with Crippen LogP contribution in [0.25, 0.3) is 0 Å². The molecular weight excluding hydrogens is 214 g/mol. The molecule has 0 unspecified atom stereocenters. The first-order chi connectivity index (χ1) is 5.43. The van der Waals surface area contributed by atoms with Crippen LogP contribution < -0.4 is 0 Å². The van der Waals surface area contributed by atoms with Crippen LogP contribution in [0.5, 0.6) is 0 Å². The quantitative estimate of drug-likeness (QED) is 0.619. The molecule has 0 N–H and O–H groups in total. The van der Waals surface area contributed by atoms with E-state index < -0.39 is 0 Å². The molecule has 0 spiro atoms. The van der Waals surface area contributed by atoms with Crippen molar-refractivity contribution < 1.29 is 0 Å². The maximum Gasteiger partial charge on any atom is 0.110 e. The lowest BCUT2D eigenvalue weighted by Gasteiger charge is -2.22. The van der Waals surface area contributed by atoms with Crippen molar-refractivity contribution in [1.82, 2.24) is 4.98 Å². The van der Waals surface area contributed by atoms with Crippen molar-refractivity contribution in [3.63, 3.8) is 0 Å². The van der Waals surface area contributed by atoms with Crippen LogP contribution in [0.2, 0.25) is 0 Å². The number of aryl methyl sites for hydroxylation is 1. The van der Waals surface area contributed by atoms with Crippen molar-refractivity contribution in [3.8, 4) is 0 Å². The summed E-state index contributed by atoms with van der Waals surface area (Å²) < 4.78 is 0.968. The maximum atomic E-state index is 4.22. The van der Waals surface area contributed by atoms with E-state index in [0.717, 1.165) is 4.60 Å². The van der Waals surface area contributed by atoms with Crippen molar-refractivity contribution in [1.29, 1.82) is 0 Å². The highest BCUT2D eigenvalue weighted by molar-refractivity contribution is 9.10. The zero-order valence-corrected chi connectivity index (χ0v) is 9.57. The highest BCUT2D eigenvalue weighted by Crippen LogP contribution is 2.30. The third-order valence-electron chi connectivity index (χ3n) is 1.86. The van der Waals surface area contributed by atoms with Gasteiger partial charge in [0.25, 0.3) is 0 Å². The van der Waals surface area contributed by atoms with E-state index in [0.29, 0.717) is 0 Å². The first-order valence-electron chi connectivity index (χ1n) is 4.04. The van der Waals surface area contributed by atoms with Crippen LogP contribution in [0, 0.1) is 6.92 Å². The van der Waals surface area contributed by atoms with Gasteiger partial charge < -0.3 is 0 Å². The third kappa shape index (κ3) is 1.86. The summed E-state index contributed by atoms with van der Waals surface area (Å²) in [4.78, 5) is 4.22. The van der Waals surface area contributed by atoms with Gasteiger partial charge in [-0.2, -0.15) is 0 Å². The monoisotopic (exact) mass is 227 g/mol. The van der Waals surface area contributed by atoms with E-state index in [1.165, 1.54) is 11.1 Å². The van der Waals surface area contributed by atoms with E-state index in [4.69, 9.17) is 0 Å². The fraction of sp³-hybridized carbons (Fsp3) is 0.500. The van der Waals surface area contributed by atoms with Gasteiger partial charge in [-0.15, -0.1) is 0 Å². The van der Waals surface area contributed by atoms with Gasteiger partial charge in [0.05, 0.1) is 0 Å². The van der Waals surface area contributed by atoms with Crippen LogP contribution in [0.1, 0.15) is 31.9 Å². The first kappa shape index (κ1) is 9.72. The number of aromatic nitrogens is 1. The molecule has 0 amide bonds. The molecule has 0 fully saturated rings. The van der Waals surface area contributed by atoms with Gasteiger partial charge in [-0.3, -0.25) is 0 Å². The molecule has 1 aromatic rings. The Morgan fingerprint density at radius 3 is 2.25 bits per heavy atom. The molecule has 0 aromatic carbocycles. The average molecular weight is 228 g/mol. The van der Waals surface area contributed by atoms with Crippen LogP contribution in [0.15, 0.2) is 16.9 Å². The van der Waals surface area contributed by atoms with E-state index in [2.05, 4.69) is 48.6 Å². The van der Waals surface area contributed by atoms with Gasteiger partial charge in [0, 0.05) is 6.20 Å². The number of halogens is 1. The van der Waals surface area contributed by atoms with Gasteiger partial charge >= 0.3 is 0 Å². The van der Waals surface area contributed by atoms with Crippen LogP contribution in [-0.2, 0) is 5.41 Å². The molecule has 0 atom stereocenters. The molecule has 0 aliphatic heterocycles. The van der Waals surface area contributed by atoms with Crippen molar-refractivity contribution in [2.75, 3.05) is 0 Å². The predicted molar refractivity (Wildman–Crippen MR) is 55.4 cm³/mol. The molecule has 0 saturated heterocycles. The minimum absolute atomic E-state index is 0.164. The average Bonchev–Trinajstić information content (AvgIpc) is 1.82. The maximum absolute atomic E-state index is 4.22. The third-order valence-corrected chi connectivity index (χ3v) is 2.46. The normalized spacial score (nSPS) is 11.8. The molecule has 12 heavy (non-hydrogen) atoms. The topological polar surface area (TPSA) is 12.9 Å². The summed E-state index contributed by atoms with van der Waals surface area (Å²) in [6, 6.07) is 2.05. The Bertz CT molecular complexity index is 266. The molecule has 0 radical (unpaired) electrons. The highest BCUT2D eigenvalue weighted by atomic mass is 79.9. The molecule has 1 nitrogen and oxygen atoms in total. The van der Waals surface area contributed by atoms with Gasteiger partial charge in [-0.05, 0) is 45.5 Å². The van der Waals surface area contributed by atoms with Gasteiger partial charge in [0.15, 0.2) is 0 Å². The zero-order valence-electron chi connectivity index (χ0n) is 7.98. The summed E-state index contributed by atoms with van der Waals surface area (Å²) >= 11 is 3.47. The standard InChI is InChI=1S/C10H14BrN/c1-7-5-6-12-9(11)8(7)10(2,3)4/h5-6H,1-4H3. The van der Waals surface area contributed by atoms with Gasteiger partial charge in [-0.25, -0.2) is 4.98 Å². The Kier molecular flexibility index (Phi) is 2.57. The van der Waals surface area contributed by atoms with Crippen LogP contribution in [0.4, 0.5) is 0 Å².